The molecule has 2 heterocycles. The Morgan fingerprint density at radius 2 is 1.76 bits per heavy atom. The first-order chi connectivity index (χ1) is 13.9. The summed E-state index contributed by atoms with van der Waals surface area (Å²) in [6.07, 6.45) is 0. The molecule has 3 aromatic rings. The number of hydrogen-bond acceptors (Lipinski definition) is 5. The second kappa shape index (κ2) is 7.50. The van der Waals surface area contributed by atoms with Crippen LogP contribution in [0.2, 0.25) is 0 Å². The number of piperazine rings is 1. The van der Waals surface area contributed by atoms with Crippen LogP contribution in [0.5, 0.6) is 0 Å². The van der Waals surface area contributed by atoms with Crippen molar-refractivity contribution in [3.05, 3.63) is 65.0 Å². The highest BCUT2D eigenvalue weighted by Gasteiger charge is 2.34. The van der Waals surface area contributed by atoms with Crippen LogP contribution in [0.25, 0.3) is 11.4 Å². The summed E-state index contributed by atoms with van der Waals surface area (Å²) in [4.78, 5) is 32.8. The van der Waals surface area contributed by atoms with Gasteiger partial charge in [-0.15, -0.1) is 0 Å². The van der Waals surface area contributed by atoms with Crippen molar-refractivity contribution in [2.75, 3.05) is 18.0 Å². The first kappa shape index (κ1) is 18.9. The Balaban J connectivity index is 1.50. The number of benzene rings is 2. The number of amides is 2. The molecule has 29 heavy (non-hydrogen) atoms. The minimum Gasteiger partial charge on any atom is -0.337 e. The molecule has 0 bridgehead atoms. The fourth-order valence-electron chi connectivity index (χ4n) is 3.48. The maximum Gasteiger partial charge on any atom is 0.316 e. The number of rotatable bonds is 4. The molecule has 1 aliphatic rings. The van der Waals surface area contributed by atoms with Gasteiger partial charge in [-0.3, -0.25) is 9.59 Å². The van der Waals surface area contributed by atoms with Gasteiger partial charge in [-0.1, -0.05) is 41.6 Å². The molecule has 7 heteroatoms. The van der Waals surface area contributed by atoms with Gasteiger partial charge in [0.05, 0.1) is 0 Å². The molecule has 0 atom stereocenters. The molecule has 2 aromatic carbocycles. The fraction of sp³-hybridized carbons (Fsp3) is 0.273. The van der Waals surface area contributed by atoms with E-state index < -0.39 is 11.8 Å². The number of aromatic nitrogens is 2. The summed E-state index contributed by atoms with van der Waals surface area (Å²) in [7, 11) is 0. The van der Waals surface area contributed by atoms with Crippen LogP contribution < -0.4 is 4.90 Å². The van der Waals surface area contributed by atoms with Gasteiger partial charge < -0.3 is 14.3 Å². The van der Waals surface area contributed by atoms with Gasteiger partial charge in [0.15, 0.2) is 0 Å². The zero-order valence-corrected chi connectivity index (χ0v) is 16.7. The zero-order chi connectivity index (χ0) is 20.5. The Morgan fingerprint density at radius 3 is 2.55 bits per heavy atom. The Labute approximate surface area is 168 Å². The Hall–Kier alpha value is -3.48. The molecule has 7 nitrogen and oxygen atoms in total. The summed E-state index contributed by atoms with van der Waals surface area (Å²) in [6.45, 7) is 6.81. The van der Waals surface area contributed by atoms with E-state index in [0.29, 0.717) is 24.8 Å². The zero-order valence-electron chi connectivity index (χ0n) is 16.7. The summed E-state index contributed by atoms with van der Waals surface area (Å²) in [5.74, 6) is -0.313. The van der Waals surface area contributed by atoms with E-state index in [2.05, 4.69) is 10.1 Å². The van der Waals surface area contributed by atoms with Crippen molar-refractivity contribution in [2.45, 2.75) is 27.3 Å². The molecular formula is C22H22N4O3. The van der Waals surface area contributed by atoms with Crippen molar-refractivity contribution in [3.8, 4) is 11.4 Å². The number of carbonyl (C=O) groups is 2. The predicted molar refractivity (Wildman–Crippen MR) is 108 cm³/mol. The minimum atomic E-state index is -0.562. The highest BCUT2D eigenvalue weighted by Crippen LogP contribution is 2.25. The molecule has 0 N–H and O–H groups in total. The lowest BCUT2D eigenvalue weighted by Gasteiger charge is -2.33. The molecule has 1 fully saturated rings. The van der Waals surface area contributed by atoms with Crippen LogP contribution >= 0.6 is 0 Å². The molecular weight excluding hydrogens is 368 g/mol. The number of aryl methyl sites for hydroxylation is 3. The van der Waals surface area contributed by atoms with Crippen LogP contribution in [-0.4, -0.2) is 39.9 Å². The van der Waals surface area contributed by atoms with Gasteiger partial charge >= 0.3 is 11.8 Å². The van der Waals surface area contributed by atoms with Crippen LogP contribution in [-0.2, 0) is 16.1 Å². The van der Waals surface area contributed by atoms with E-state index in [4.69, 9.17) is 4.52 Å². The third-order valence-corrected chi connectivity index (χ3v) is 5.14. The maximum absolute atomic E-state index is 12.7. The molecule has 0 radical (unpaired) electrons. The molecule has 0 spiro atoms. The largest absolute Gasteiger partial charge is 0.337 e. The van der Waals surface area contributed by atoms with E-state index in [0.717, 1.165) is 27.9 Å². The summed E-state index contributed by atoms with van der Waals surface area (Å²) in [6, 6.07) is 13.6. The molecule has 0 aliphatic carbocycles. The SMILES string of the molecule is Cc1ccc(C)c(N2CCN(Cc3nc(-c4ccccc4C)no3)C(=O)C2=O)c1. The highest BCUT2D eigenvalue weighted by molar-refractivity contribution is 6.41. The molecule has 1 aliphatic heterocycles. The van der Waals surface area contributed by atoms with Gasteiger partial charge in [0.1, 0.15) is 6.54 Å². The Bertz CT molecular complexity index is 1090. The van der Waals surface area contributed by atoms with Crippen LogP contribution in [0.4, 0.5) is 5.69 Å². The van der Waals surface area contributed by atoms with Gasteiger partial charge in [0.2, 0.25) is 11.7 Å². The van der Waals surface area contributed by atoms with Crippen LogP contribution in [0.15, 0.2) is 47.0 Å². The standard InChI is InChI=1S/C22H22N4O3/c1-14-8-9-16(3)18(12-14)26-11-10-25(21(27)22(26)28)13-19-23-20(24-29-19)17-7-5-4-6-15(17)2/h4-9,12H,10-11,13H2,1-3H3. The maximum atomic E-state index is 12.7. The topological polar surface area (TPSA) is 79.5 Å². The first-order valence-electron chi connectivity index (χ1n) is 9.50. The van der Waals surface area contributed by atoms with Gasteiger partial charge in [-0.05, 0) is 43.5 Å². The van der Waals surface area contributed by atoms with Crippen LogP contribution in [0, 0.1) is 20.8 Å². The summed E-state index contributed by atoms with van der Waals surface area (Å²) >= 11 is 0. The minimum absolute atomic E-state index is 0.115. The lowest BCUT2D eigenvalue weighted by molar-refractivity contribution is -0.146. The van der Waals surface area contributed by atoms with Crippen molar-refractivity contribution in [1.29, 1.82) is 0 Å². The monoisotopic (exact) mass is 390 g/mol. The van der Waals surface area contributed by atoms with Crippen molar-refractivity contribution in [2.24, 2.45) is 0 Å². The van der Waals surface area contributed by atoms with Gasteiger partial charge in [0, 0.05) is 24.3 Å². The van der Waals surface area contributed by atoms with E-state index in [1.807, 2.05) is 63.2 Å². The van der Waals surface area contributed by atoms with Crippen molar-refractivity contribution in [1.82, 2.24) is 15.0 Å². The summed E-state index contributed by atoms with van der Waals surface area (Å²) in [5, 5.41) is 4.02. The molecule has 1 saturated heterocycles. The smallest absolute Gasteiger partial charge is 0.316 e. The highest BCUT2D eigenvalue weighted by atomic mass is 16.5. The Kier molecular flexibility index (Phi) is 4.88. The van der Waals surface area contributed by atoms with Crippen LogP contribution in [0.1, 0.15) is 22.6 Å². The third-order valence-electron chi connectivity index (χ3n) is 5.14. The van der Waals surface area contributed by atoms with E-state index >= 15 is 0 Å². The lowest BCUT2D eigenvalue weighted by Crippen LogP contribution is -2.54. The quantitative estimate of drug-likeness (QED) is 0.640. The molecule has 0 unspecified atom stereocenters. The average molecular weight is 390 g/mol. The summed E-state index contributed by atoms with van der Waals surface area (Å²) in [5.41, 5.74) is 4.70. The number of nitrogens with zero attached hydrogens (tertiary/aromatic N) is 4. The first-order valence-corrected chi connectivity index (χ1v) is 9.50. The number of carbonyl (C=O) groups excluding carboxylic acids is 2. The third kappa shape index (κ3) is 3.63. The molecule has 0 saturated carbocycles. The van der Waals surface area contributed by atoms with E-state index in [9.17, 15) is 9.59 Å². The van der Waals surface area contributed by atoms with E-state index in [1.54, 1.807) is 4.90 Å². The lowest BCUT2D eigenvalue weighted by atomic mass is 10.1. The van der Waals surface area contributed by atoms with E-state index in [-0.39, 0.29) is 6.54 Å². The van der Waals surface area contributed by atoms with E-state index in [1.165, 1.54) is 4.90 Å². The molecule has 148 valence electrons. The van der Waals surface area contributed by atoms with Gasteiger partial charge in [-0.25, -0.2) is 0 Å². The normalized spacial score (nSPS) is 14.6. The predicted octanol–water partition coefficient (Wildman–Crippen LogP) is 3.04. The van der Waals surface area contributed by atoms with Crippen molar-refractivity contribution < 1.29 is 14.1 Å². The number of anilines is 1. The molecule has 1 aromatic heterocycles. The van der Waals surface area contributed by atoms with Crippen molar-refractivity contribution >= 4 is 17.5 Å². The van der Waals surface area contributed by atoms with Crippen LogP contribution in [0.3, 0.4) is 0 Å². The summed E-state index contributed by atoms with van der Waals surface area (Å²) < 4.78 is 5.33. The van der Waals surface area contributed by atoms with Gasteiger partial charge in [0.25, 0.3) is 0 Å². The van der Waals surface area contributed by atoms with Gasteiger partial charge in [-0.2, -0.15) is 4.98 Å². The molecule has 4 rings (SSSR count). The van der Waals surface area contributed by atoms with Crippen molar-refractivity contribution in [3.63, 3.8) is 0 Å². The second-order valence-corrected chi connectivity index (χ2v) is 7.30. The second-order valence-electron chi connectivity index (χ2n) is 7.30. The average Bonchev–Trinajstić information content (AvgIpc) is 3.16. The molecule has 2 amide bonds. The fourth-order valence-corrected chi connectivity index (χ4v) is 3.48. The Morgan fingerprint density at radius 1 is 0.966 bits per heavy atom. The number of hydrogen-bond donors (Lipinski definition) is 0.